The van der Waals surface area contributed by atoms with Gasteiger partial charge in [-0.25, -0.2) is 4.39 Å². The lowest BCUT2D eigenvalue weighted by Crippen LogP contribution is -2.47. The van der Waals surface area contributed by atoms with E-state index in [1.165, 1.54) is 12.1 Å². The zero-order chi connectivity index (χ0) is 24.2. The first-order valence-corrected chi connectivity index (χ1v) is 11.9. The third-order valence-electron chi connectivity index (χ3n) is 7.31. The van der Waals surface area contributed by atoms with Crippen LogP contribution in [-0.4, -0.2) is 53.4 Å². The Balaban J connectivity index is 1.50. The molecule has 5 atom stereocenters. The summed E-state index contributed by atoms with van der Waals surface area (Å²) in [5.74, 6) is -2.05. The number of aliphatic hydroxyl groups is 2. The molecule has 2 fully saturated rings. The van der Waals surface area contributed by atoms with Crippen LogP contribution in [0.2, 0.25) is 10.0 Å². The number of benzene rings is 2. The number of halogens is 3. The molecule has 5 N–H and O–H groups in total. The van der Waals surface area contributed by atoms with E-state index < -0.39 is 35.4 Å². The maximum Gasteiger partial charge on any atom is 0.237 e. The van der Waals surface area contributed by atoms with Gasteiger partial charge in [-0.2, -0.15) is 0 Å². The zero-order valence-corrected chi connectivity index (χ0v) is 19.5. The highest BCUT2D eigenvalue weighted by molar-refractivity contribution is 6.31. The van der Waals surface area contributed by atoms with Crippen molar-refractivity contribution in [2.75, 3.05) is 18.4 Å². The Morgan fingerprint density at radius 3 is 2.62 bits per heavy atom. The minimum absolute atomic E-state index is 0.0549. The topological polar surface area (TPSA) is 111 Å². The van der Waals surface area contributed by atoms with Crippen LogP contribution in [0.3, 0.4) is 0 Å². The van der Waals surface area contributed by atoms with Crippen LogP contribution in [0.25, 0.3) is 0 Å². The summed E-state index contributed by atoms with van der Waals surface area (Å²) in [6.07, 6.45) is -0.794. The highest BCUT2D eigenvalue weighted by Crippen LogP contribution is 2.52. The molecule has 3 aliphatic rings. The summed E-state index contributed by atoms with van der Waals surface area (Å²) in [6, 6.07) is 8.80. The average molecular weight is 508 g/mol. The Morgan fingerprint density at radius 2 is 1.91 bits per heavy atom. The largest absolute Gasteiger partial charge is 0.390 e. The molecule has 1 saturated carbocycles. The molecule has 2 aliphatic heterocycles. The molecule has 3 unspecified atom stereocenters. The maximum absolute atomic E-state index is 14.5. The van der Waals surface area contributed by atoms with E-state index in [0.29, 0.717) is 34.7 Å². The molecule has 5 rings (SSSR count). The Bertz CT molecular complexity index is 1160. The van der Waals surface area contributed by atoms with E-state index in [1.54, 1.807) is 24.3 Å². The first-order valence-electron chi connectivity index (χ1n) is 11.1. The number of aliphatic hydroxyl groups excluding tert-OH is 2. The van der Waals surface area contributed by atoms with Gasteiger partial charge in [0.2, 0.25) is 11.8 Å². The van der Waals surface area contributed by atoms with Crippen LogP contribution in [0.1, 0.15) is 29.9 Å². The number of anilines is 1. The molecule has 7 nitrogen and oxygen atoms in total. The molecule has 34 heavy (non-hydrogen) atoms. The van der Waals surface area contributed by atoms with Gasteiger partial charge >= 0.3 is 0 Å². The lowest BCUT2D eigenvalue weighted by atomic mass is 9.68. The van der Waals surface area contributed by atoms with Gasteiger partial charge in [-0.1, -0.05) is 35.3 Å². The van der Waals surface area contributed by atoms with Gasteiger partial charge in [0, 0.05) is 29.7 Å². The molecule has 180 valence electrons. The fourth-order valence-electron chi connectivity index (χ4n) is 5.68. The van der Waals surface area contributed by atoms with E-state index in [4.69, 9.17) is 23.2 Å². The summed E-state index contributed by atoms with van der Waals surface area (Å²) in [5.41, 5.74) is 0.282. The van der Waals surface area contributed by atoms with Gasteiger partial charge in [-0.3, -0.25) is 9.59 Å². The van der Waals surface area contributed by atoms with Crippen LogP contribution < -0.4 is 16.0 Å². The minimum Gasteiger partial charge on any atom is -0.390 e. The van der Waals surface area contributed by atoms with Crippen molar-refractivity contribution >= 4 is 40.7 Å². The Hall–Kier alpha value is -2.23. The molecule has 1 spiro atoms. The maximum atomic E-state index is 14.5. The summed E-state index contributed by atoms with van der Waals surface area (Å²) in [4.78, 5) is 26.8. The van der Waals surface area contributed by atoms with Crippen molar-refractivity contribution in [3.63, 3.8) is 0 Å². The molecule has 0 bridgehead atoms. The first kappa shape index (κ1) is 23.5. The zero-order valence-electron chi connectivity index (χ0n) is 18.0. The Labute approximate surface area is 205 Å². The monoisotopic (exact) mass is 507 g/mol. The van der Waals surface area contributed by atoms with Gasteiger partial charge < -0.3 is 26.2 Å². The number of carbonyl (C=O) groups excluding carboxylic acids is 2. The summed E-state index contributed by atoms with van der Waals surface area (Å²) in [7, 11) is 0. The normalized spacial score (nSPS) is 32.1. The van der Waals surface area contributed by atoms with E-state index in [-0.39, 0.29) is 35.8 Å². The Morgan fingerprint density at radius 1 is 1.18 bits per heavy atom. The molecule has 2 aromatic rings. The second-order valence-corrected chi connectivity index (χ2v) is 10.2. The van der Waals surface area contributed by atoms with E-state index in [9.17, 15) is 24.2 Å². The van der Waals surface area contributed by atoms with Gasteiger partial charge in [-0.15, -0.1) is 0 Å². The van der Waals surface area contributed by atoms with Crippen LogP contribution >= 0.6 is 23.2 Å². The van der Waals surface area contributed by atoms with E-state index in [2.05, 4.69) is 16.0 Å². The first-order chi connectivity index (χ1) is 16.2. The Kier molecular flexibility index (Phi) is 6.06. The van der Waals surface area contributed by atoms with Gasteiger partial charge in [0.05, 0.1) is 28.7 Å². The van der Waals surface area contributed by atoms with E-state index >= 15 is 0 Å². The van der Waals surface area contributed by atoms with Gasteiger partial charge in [0.1, 0.15) is 5.82 Å². The van der Waals surface area contributed by atoms with E-state index in [0.717, 1.165) is 0 Å². The molecule has 10 heteroatoms. The van der Waals surface area contributed by atoms with Crippen LogP contribution in [0.4, 0.5) is 10.1 Å². The summed E-state index contributed by atoms with van der Waals surface area (Å²) in [6.45, 7) is 0.399. The van der Waals surface area contributed by atoms with Gasteiger partial charge in [0.15, 0.2) is 0 Å². The quantitative estimate of drug-likeness (QED) is 0.436. The lowest BCUT2D eigenvalue weighted by Gasteiger charge is -2.31. The minimum atomic E-state index is -1.24. The van der Waals surface area contributed by atoms with E-state index in [1.807, 2.05) is 0 Å². The summed E-state index contributed by atoms with van der Waals surface area (Å²) >= 11 is 12.2. The number of amides is 2. The lowest BCUT2D eigenvalue weighted by molar-refractivity contribution is -0.124. The number of nitrogens with one attached hydrogen (secondary N) is 3. The molecular formula is C24H24Cl2FN3O4. The second-order valence-electron chi connectivity index (χ2n) is 9.35. The molecule has 1 aliphatic carbocycles. The van der Waals surface area contributed by atoms with Crippen molar-refractivity contribution in [3.8, 4) is 0 Å². The van der Waals surface area contributed by atoms with Gasteiger partial charge in [-0.05, 0) is 54.2 Å². The molecule has 2 heterocycles. The van der Waals surface area contributed by atoms with Crippen molar-refractivity contribution < 1.29 is 24.2 Å². The smallest absolute Gasteiger partial charge is 0.237 e. The standard InChI is InChI=1S/C24H24Cl2FN3O4/c25-13-3-1-2-12(6-13)20-21(22(33)28-9-11-4-18(31)19(32)5-11)29-10-24(20)14-7-16(27)15(26)8-17(14)30-23(24)34/h1-3,6-8,11,18-21,29,31-32H,4-5,9-10H2,(H,28,33)(H,30,34)/t11?,18?,19?,20?,21-,24-/m1/s1. The fourth-order valence-corrected chi connectivity index (χ4v) is 6.04. The third kappa shape index (κ3) is 3.78. The third-order valence-corrected chi connectivity index (χ3v) is 7.83. The summed E-state index contributed by atoms with van der Waals surface area (Å²) in [5, 5.41) is 28.8. The molecule has 1 saturated heterocycles. The van der Waals surface area contributed by atoms with Crippen molar-refractivity contribution in [3.05, 3.63) is 63.4 Å². The predicted molar refractivity (Wildman–Crippen MR) is 125 cm³/mol. The number of carbonyl (C=O) groups is 2. The number of hydrogen-bond acceptors (Lipinski definition) is 5. The van der Waals surface area contributed by atoms with Crippen LogP contribution in [0.15, 0.2) is 36.4 Å². The predicted octanol–water partition coefficient (Wildman–Crippen LogP) is 2.33. The van der Waals surface area contributed by atoms with Crippen LogP contribution in [-0.2, 0) is 15.0 Å². The number of fused-ring (bicyclic) bond motifs is 2. The molecule has 2 amide bonds. The highest BCUT2D eigenvalue weighted by Gasteiger charge is 2.60. The number of hydrogen-bond donors (Lipinski definition) is 5. The molecule has 0 radical (unpaired) electrons. The second kappa shape index (κ2) is 8.77. The average Bonchev–Trinajstić information content (AvgIpc) is 3.42. The number of rotatable bonds is 4. The summed E-state index contributed by atoms with van der Waals surface area (Å²) < 4.78 is 14.5. The molecule has 2 aromatic carbocycles. The van der Waals surface area contributed by atoms with Crippen LogP contribution in [0, 0.1) is 11.7 Å². The van der Waals surface area contributed by atoms with Crippen molar-refractivity contribution in [2.24, 2.45) is 5.92 Å². The van der Waals surface area contributed by atoms with Crippen molar-refractivity contribution in [1.29, 1.82) is 0 Å². The SMILES string of the molecule is O=C(NCC1CC(O)C(O)C1)[C@@H]1NC[C@]2(C(=O)Nc3cc(Cl)c(F)cc32)C1c1cccc(Cl)c1. The fraction of sp³-hybridized carbons (Fsp3) is 0.417. The van der Waals surface area contributed by atoms with Gasteiger partial charge in [0.25, 0.3) is 0 Å². The van der Waals surface area contributed by atoms with Crippen LogP contribution in [0.5, 0.6) is 0 Å². The molecule has 0 aromatic heterocycles. The van der Waals surface area contributed by atoms with Crippen molar-refractivity contribution in [1.82, 2.24) is 10.6 Å². The molecular weight excluding hydrogens is 484 g/mol. The van der Waals surface area contributed by atoms with Crippen molar-refractivity contribution in [2.45, 2.75) is 42.4 Å². The highest BCUT2D eigenvalue weighted by atomic mass is 35.5.